The van der Waals surface area contributed by atoms with Gasteiger partial charge < -0.3 is 10.1 Å². The first-order valence-corrected chi connectivity index (χ1v) is 14.4. The maximum Gasteiger partial charge on any atom is 0.416 e. The number of morpholine rings is 1. The molecular formula is C26H31ClF3N3O3S. The molecule has 0 bridgehead atoms. The van der Waals surface area contributed by atoms with Gasteiger partial charge in [-0.15, -0.1) is 0 Å². The summed E-state index contributed by atoms with van der Waals surface area (Å²) in [5.74, 6) is 0. The Labute approximate surface area is 220 Å². The highest BCUT2D eigenvalue weighted by atomic mass is 35.5. The Hall–Kier alpha value is -1.85. The van der Waals surface area contributed by atoms with Crippen LogP contribution < -0.4 is 5.32 Å². The minimum Gasteiger partial charge on any atom is -0.381 e. The van der Waals surface area contributed by atoms with Gasteiger partial charge in [-0.1, -0.05) is 17.7 Å². The summed E-state index contributed by atoms with van der Waals surface area (Å²) in [6, 6.07) is 6.98. The first-order valence-electron chi connectivity index (χ1n) is 12.6. The fraction of sp³-hybridized carbons (Fsp3) is 0.538. The first-order chi connectivity index (χ1) is 17.5. The topological polar surface area (TPSA) is 61.9 Å². The number of anilines is 1. The zero-order valence-electron chi connectivity index (χ0n) is 20.7. The highest BCUT2D eigenvalue weighted by Crippen LogP contribution is 2.38. The second-order valence-electron chi connectivity index (χ2n) is 10.1. The third-order valence-corrected chi connectivity index (χ3v) is 10.1. The lowest BCUT2D eigenvalue weighted by Crippen LogP contribution is -2.42. The molecule has 0 spiro atoms. The fourth-order valence-corrected chi connectivity index (χ4v) is 7.46. The number of hydrogen-bond acceptors (Lipinski definition) is 5. The van der Waals surface area contributed by atoms with Crippen molar-refractivity contribution in [2.75, 3.05) is 38.2 Å². The lowest BCUT2D eigenvalue weighted by molar-refractivity contribution is -0.137. The van der Waals surface area contributed by atoms with E-state index in [1.165, 1.54) is 10.4 Å². The van der Waals surface area contributed by atoms with Crippen molar-refractivity contribution in [2.24, 2.45) is 0 Å². The molecule has 202 valence electrons. The largest absolute Gasteiger partial charge is 0.416 e. The molecule has 1 saturated heterocycles. The van der Waals surface area contributed by atoms with E-state index >= 15 is 0 Å². The van der Waals surface area contributed by atoms with Crippen molar-refractivity contribution in [3.63, 3.8) is 0 Å². The molecule has 1 saturated carbocycles. The van der Waals surface area contributed by atoms with Gasteiger partial charge in [-0.25, -0.2) is 8.42 Å². The summed E-state index contributed by atoms with van der Waals surface area (Å²) in [6.45, 7) is 5.20. The number of ether oxygens (including phenoxy) is 1. The zero-order chi connectivity index (χ0) is 26.4. The van der Waals surface area contributed by atoms with Crippen LogP contribution >= 0.6 is 11.6 Å². The van der Waals surface area contributed by atoms with Gasteiger partial charge in [0.2, 0.25) is 10.0 Å². The molecule has 2 atom stereocenters. The normalized spacial score (nSPS) is 23.7. The van der Waals surface area contributed by atoms with Crippen molar-refractivity contribution in [1.29, 1.82) is 0 Å². The molecule has 2 aromatic carbocycles. The van der Waals surface area contributed by atoms with Gasteiger partial charge in [0.05, 0.1) is 24.5 Å². The van der Waals surface area contributed by atoms with E-state index in [0.717, 1.165) is 61.2 Å². The van der Waals surface area contributed by atoms with Gasteiger partial charge in [0.1, 0.15) is 4.90 Å². The Morgan fingerprint density at radius 3 is 2.57 bits per heavy atom. The van der Waals surface area contributed by atoms with Crippen LogP contribution in [0.2, 0.25) is 5.02 Å². The molecule has 11 heteroatoms. The number of benzene rings is 2. The summed E-state index contributed by atoms with van der Waals surface area (Å²) in [5.41, 5.74) is 1.85. The molecule has 1 aliphatic carbocycles. The van der Waals surface area contributed by atoms with E-state index in [9.17, 15) is 21.6 Å². The molecule has 2 fully saturated rings. The third-order valence-electron chi connectivity index (χ3n) is 7.85. The molecular weight excluding hydrogens is 527 g/mol. The number of nitrogens with one attached hydrogen (secondary N) is 1. The number of hydrogen-bond donors (Lipinski definition) is 1. The fourth-order valence-electron chi connectivity index (χ4n) is 5.70. The molecule has 5 rings (SSSR count). The Kier molecular flexibility index (Phi) is 7.50. The summed E-state index contributed by atoms with van der Waals surface area (Å²) < 4.78 is 75.3. The second-order valence-corrected chi connectivity index (χ2v) is 12.4. The number of alkyl halides is 3. The summed E-state index contributed by atoms with van der Waals surface area (Å²) in [6.07, 6.45) is -1.62. The molecule has 6 nitrogen and oxygen atoms in total. The van der Waals surface area contributed by atoms with Gasteiger partial charge in [0.25, 0.3) is 0 Å². The number of nitrogens with zero attached hydrogens (tertiary/aromatic N) is 2. The summed E-state index contributed by atoms with van der Waals surface area (Å²) in [7, 11) is -4.22. The average Bonchev–Trinajstić information content (AvgIpc) is 3.34. The highest BCUT2D eigenvalue weighted by molar-refractivity contribution is 7.89. The molecule has 2 heterocycles. The van der Waals surface area contributed by atoms with Gasteiger partial charge in [-0.3, -0.25) is 4.90 Å². The van der Waals surface area contributed by atoms with Crippen LogP contribution in [0.1, 0.15) is 41.5 Å². The highest BCUT2D eigenvalue weighted by Gasteiger charge is 2.37. The molecule has 2 aliphatic heterocycles. The van der Waals surface area contributed by atoms with E-state index in [1.807, 2.05) is 13.0 Å². The first kappa shape index (κ1) is 26.7. The summed E-state index contributed by atoms with van der Waals surface area (Å²) in [4.78, 5) is 2.05. The van der Waals surface area contributed by atoms with E-state index in [1.54, 1.807) is 6.07 Å². The van der Waals surface area contributed by atoms with Gasteiger partial charge in [-0.2, -0.15) is 17.5 Å². The molecule has 0 radical (unpaired) electrons. The average molecular weight is 558 g/mol. The zero-order valence-corrected chi connectivity index (χ0v) is 22.2. The molecule has 0 amide bonds. The predicted octanol–water partition coefficient (Wildman–Crippen LogP) is 5.08. The van der Waals surface area contributed by atoms with Crippen LogP contribution in [0.15, 0.2) is 35.2 Å². The van der Waals surface area contributed by atoms with Gasteiger partial charge >= 0.3 is 6.18 Å². The number of sulfonamides is 1. The van der Waals surface area contributed by atoms with Crippen LogP contribution in [0, 0.1) is 6.92 Å². The van der Waals surface area contributed by atoms with Crippen molar-refractivity contribution < 1.29 is 26.3 Å². The van der Waals surface area contributed by atoms with E-state index in [2.05, 4.69) is 10.2 Å². The van der Waals surface area contributed by atoms with Crippen LogP contribution in [0.25, 0.3) is 0 Å². The van der Waals surface area contributed by atoms with Crippen LogP contribution in [-0.2, 0) is 33.9 Å². The van der Waals surface area contributed by atoms with Crippen LogP contribution in [0.4, 0.5) is 18.9 Å². The lowest BCUT2D eigenvalue weighted by Gasteiger charge is -2.32. The molecule has 3 aliphatic rings. The standard InChI is InChI=1S/C26H31ClF3N3O3S/c1-17-22-16-33(9-8-18(22)2-6-23(17)27)37(34,35)25-14-19(26(28,29)30)3-7-24(25)31-20-4-5-21(15-20)32-10-12-36-13-11-32/h2-3,6-7,14,20-21,31H,4-5,8-13,15-16H2,1H3. The van der Waals surface area contributed by atoms with Gasteiger partial charge in [-0.05, 0) is 73.6 Å². The summed E-state index contributed by atoms with van der Waals surface area (Å²) in [5, 5.41) is 3.83. The van der Waals surface area contributed by atoms with Crippen LogP contribution in [0.5, 0.6) is 0 Å². The number of halogens is 4. The SMILES string of the molecule is Cc1c(Cl)ccc2c1CN(S(=O)(=O)c1cc(C(F)(F)F)ccc1NC1CCC(N3CCOCC3)C1)CC2. The minimum atomic E-state index is -4.66. The van der Waals surface area contributed by atoms with E-state index < -0.39 is 21.8 Å². The smallest absolute Gasteiger partial charge is 0.381 e. The second kappa shape index (κ2) is 10.4. The van der Waals surface area contributed by atoms with Crippen molar-refractivity contribution in [3.05, 3.63) is 57.6 Å². The number of fused-ring (bicyclic) bond motifs is 1. The Morgan fingerprint density at radius 2 is 1.84 bits per heavy atom. The molecule has 0 aromatic heterocycles. The maximum absolute atomic E-state index is 13.8. The van der Waals surface area contributed by atoms with Gasteiger partial charge in [0, 0.05) is 43.3 Å². The molecule has 2 unspecified atom stereocenters. The van der Waals surface area contributed by atoms with Crippen LogP contribution in [0.3, 0.4) is 0 Å². The van der Waals surface area contributed by atoms with Crippen molar-refractivity contribution in [3.8, 4) is 0 Å². The number of rotatable bonds is 5. The lowest BCUT2D eigenvalue weighted by atomic mass is 9.97. The van der Waals surface area contributed by atoms with E-state index in [-0.39, 0.29) is 29.7 Å². The summed E-state index contributed by atoms with van der Waals surface area (Å²) >= 11 is 6.27. The predicted molar refractivity (Wildman–Crippen MR) is 136 cm³/mol. The quantitative estimate of drug-likeness (QED) is 0.555. The van der Waals surface area contributed by atoms with Crippen molar-refractivity contribution in [1.82, 2.24) is 9.21 Å². The minimum absolute atomic E-state index is 0.0262. The Bertz CT molecular complexity index is 1270. The van der Waals surface area contributed by atoms with Crippen molar-refractivity contribution in [2.45, 2.75) is 62.3 Å². The van der Waals surface area contributed by atoms with Crippen LogP contribution in [-0.4, -0.2) is 62.6 Å². The Morgan fingerprint density at radius 1 is 1.08 bits per heavy atom. The molecule has 1 N–H and O–H groups in total. The molecule has 2 aromatic rings. The van der Waals surface area contributed by atoms with Crippen molar-refractivity contribution >= 4 is 27.3 Å². The third kappa shape index (κ3) is 5.49. The molecule has 37 heavy (non-hydrogen) atoms. The Balaban J connectivity index is 1.43. The maximum atomic E-state index is 13.8. The monoisotopic (exact) mass is 557 g/mol. The van der Waals surface area contributed by atoms with Gasteiger partial charge in [0.15, 0.2) is 0 Å². The van der Waals surface area contributed by atoms with E-state index in [0.29, 0.717) is 30.7 Å². The van der Waals surface area contributed by atoms with E-state index in [4.69, 9.17) is 16.3 Å².